The molecule has 138 valence electrons. The highest BCUT2D eigenvalue weighted by Crippen LogP contribution is 2.32. The highest BCUT2D eigenvalue weighted by atomic mass is 19.1. The van der Waals surface area contributed by atoms with Gasteiger partial charge < -0.3 is 9.84 Å². The number of phenolic OH excluding ortho intramolecular Hbond substituents is 1. The predicted octanol–water partition coefficient (Wildman–Crippen LogP) is 3.97. The summed E-state index contributed by atoms with van der Waals surface area (Å²) >= 11 is 0. The lowest BCUT2D eigenvalue weighted by molar-refractivity contribution is 0.0594. The zero-order valence-corrected chi connectivity index (χ0v) is 14.6. The van der Waals surface area contributed by atoms with Crippen molar-refractivity contribution in [2.75, 3.05) is 0 Å². The van der Waals surface area contributed by atoms with Crippen LogP contribution in [0.4, 0.5) is 4.39 Å². The SMILES string of the molecule is Oc1cc(-c2ccnnc2)ccc1-c1ccc(O[C@H]2CCCC[C@H]2F)nn1. The molecule has 7 heteroatoms. The van der Waals surface area contributed by atoms with Gasteiger partial charge in [-0.1, -0.05) is 12.5 Å². The van der Waals surface area contributed by atoms with E-state index in [-0.39, 0.29) is 5.75 Å². The van der Waals surface area contributed by atoms with Gasteiger partial charge >= 0.3 is 0 Å². The summed E-state index contributed by atoms with van der Waals surface area (Å²) in [7, 11) is 0. The predicted molar refractivity (Wildman–Crippen MR) is 97.9 cm³/mol. The molecule has 0 radical (unpaired) electrons. The van der Waals surface area contributed by atoms with Gasteiger partial charge in [0.2, 0.25) is 5.88 Å². The molecule has 0 aliphatic heterocycles. The molecule has 2 heterocycles. The first kappa shape index (κ1) is 17.3. The highest BCUT2D eigenvalue weighted by Gasteiger charge is 2.26. The number of alkyl halides is 1. The van der Waals surface area contributed by atoms with Gasteiger partial charge in [-0.2, -0.15) is 10.2 Å². The lowest BCUT2D eigenvalue weighted by Gasteiger charge is -2.25. The Bertz CT molecular complexity index is 906. The van der Waals surface area contributed by atoms with Gasteiger partial charge in [0, 0.05) is 17.2 Å². The molecule has 1 aromatic carbocycles. The number of aromatic hydroxyl groups is 1. The molecule has 1 aliphatic rings. The van der Waals surface area contributed by atoms with Crippen LogP contribution in [0.3, 0.4) is 0 Å². The van der Waals surface area contributed by atoms with Gasteiger partial charge in [-0.25, -0.2) is 4.39 Å². The van der Waals surface area contributed by atoms with Crippen molar-refractivity contribution in [1.82, 2.24) is 20.4 Å². The van der Waals surface area contributed by atoms with Gasteiger partial charge in [0.25, 0.3) is 0 Å². The Morgan fingerprint density at radius 2 is 1.85 bits per heavy atom. The minimum absolute atomic E-state index is 0.0865. The summed E-state index contributed by atoms with van der Waals surface area (Å²) in [6.45, 7) is 0. The van der Waals surface area contributed by atoms with Crippen molar-refractivity contribution in [3.8, 4) is 34.0 Å². The van der Waals surface area contributed by atoms with Crippen LogP contribution in [0, 0.1) is 0 Å². The van der Waals surface area contributed by atoms with Crippen molar-refractivity contribution in [3.05, 3.63) is 48.8 Å². The average molecular weight is 366 g/mol. The van der Waals surface area contributed by atoms with Crippen LogP contribution in [0.2, 0.25) is 0 Å². The fourth-order valence-electron chi connectivity index (χ4n) is 3.26. The summed E-state index contributed by atoms with van der Waals surface area (Å²) in [6, 6.07) is 10.5. The molecule has 1 fully saturated rings. The van der Waals surface area contributed by atoms with Gasteiger partial charge in [0.1, 0.15) is 18.0 Å². The van der Waals surface area contributed by atoms with Crippen LogP contribution in [0.1, 0.15) is 25.7 Å². The Kier molecular flexibility index (Phi) is 4.91. The van der Waals surface area contributed by atoms with Crippen molar-refractivity contribution in [2.24, 2.45) is 0 Å². The van der Waals surface area contributed by atoms with E-state index < -0.39 is 12.3 Å². The molecule has 27 heavy (non-hydrogen) atoms. The normalized spacial score (nSPS) is 19.6. The highest BCUT2D eigenvalue weighted by molar-refractivity contribution is 5.73. The summed E-state index contributed by atoms with van der Waals surface area (Å²) in [4.78, 5) is 0. The van der Waals surface area contributed by atoms with E-state index in [1.165, 1.54) is 0 Å². The second-order valence-electron chi connectivity index (χ2n) is 6.58. The fourth-order valence-corrected chi connectivity index (χ4v) is 3.26. The molecule has 0 unspecified atom stereocenters. The van der Waals surface area contributed by atoms with Crippen LogP contribution in [0.25, 0.3) is 22.4 Å². The van der Waals surface area contributed by atoms with E-state index in [9.17, 15) is 9.50 Å². The zero-order chi connectivity index (χ0) is 18.6. The maximum atomic E-state index is 13.9. The van der Waals surface area contributed by atoms with Crippen LogP contribution in [0.15, 0.2) is 48.8 Å². The van der Waals surface area contributed by atoms with Crippen LogP contribution < -0.4 is 4.74 Å². The van der Waals surface area contributed by atoms with E-state index in [1.807, 2.05) is 12.1 Å². The number of ether oxygens (including phenoxy) is 1. The molecule has 0 spiro atoms. The Balaban J connectivity index is 1.52. The topological polar surface area (TPSA) is 81.0 Å². The quantitative estimate of drug-likeness (QED) is 0.753. The zero-order valence-electron chi connectivity index (χ0n) is 14.6. The molecule has 1 saturated carbocycles. The molecule has 2 atom stereocenters. The van der Waals surface area contributed by atoms with Gasteiger partial charge in [-0.3, -0.25) is 0 Å². The van der Waals surface area contributed by atoms with Crippen molar-refractivity contribution >= 4 is 0 Å². The van der Waals surface area contributed by atoms with Crippen molar-refractivity contribution in [1.29, 1.82) is 0 Å². The van der Waals surface area contributed by atoms with E-state index >= 15 is 0 Å². The van der Waals surface area contributed by atoms with Gasteiger partial charge in [-0.05, 0) is 49.1 Å². The summed E-state index contributed by atoms with van der Waals surface area (Å²) in [6.07, 6.45) is 4.89. The van der Waals surface area contributed by atoms with Crippen LogP contribution >= 0.6 is 0 Å². The molecule has 0 bridgehead atoms. The molecule has 4 rings (SSSR count). The Morgan fingerprint density at radius 3 is 2.56 bits per heavy atom. The van der Waals surface area contributed by atoms with Crippen molar-refractivity contribution in [2.45, 2.75) is 38.0 Å². The van der Waals surface area contributed by atoms with Crippen molar-refractivity contribution < 1.29 is 14.2 Å². The van der Waals surface area contributed by atoms with E-state index in [0.29, 0.717) is 30.0 Å². The van der Waals surface area contributed by atoms with Gasteiger partial charge in [0.15, 0.2) is 0 Å². The third-order valence-corrected chi connectivity index (χ3v) is 4.73. The summed E-state index contributed by atoms with van der Waals surface area (Å²) < 4.78 is 19.5. The molecular weight excluding hydrogens is 347 g/mol. The lowest BCUT2D eigenvalue weighted by Crippen LogP contribution is -2.32. The van der Waals surface area contributed by atoms with E-state index in [1.54, 1.807) is 36.7 Å². The molecule has 6 nitrogen and oxygen atoms in total. The smallest absolute Gasteiger partial charge is 0.233 e. The lowest BCUT2D eigenvalue weighted by atomic mass is 9.96. The summed E-state index contributed by atoms with van der Waals surface area (Å²) in [5.74, 6) is 0.385. The van der Waals surface area contributed by atoms with Crippen molar-refractivity contribution in [3.63, 3.8) is 0 Å². The first-order valence-electron chi connectivity index (χ1n) is 8.95. The number of benzene rings is 1. The van der Waals surface area contributed by atoms with E-state index in [4.69, 9.17) is 4.74 Å². The third kappa shape index (κ3) is 3.86. The molecule has 0 amide bonds. The average Bonchev–Trinajstić information content (AvgIpc) is 2.71. The summed E-state index contributed by atoms with van der Waals surface area (Å²) in [5.41, 5.74) is 2.75. The Morgan fingerprint density at radius 1 is 0.963 bits per heavy atom. The Labute approximate surface area is 156 Å². The minimum Gasteiger partial charge on any atom is -0.507 e. The number of hydrogen-bond donors (Lipinski definition) is 1. The molecule has 1 N–H and O–H groups in total. The number of nitrogens with zero attached hydrogens (tertiary/aromatic N) is 4. The molecule has 3 aromatic rings. The van der Waals surface area contributed by atoms with Gasteiger partial charge in [-0.15, -0.1) is 10.2 Å². The minimum atomic E-state index is -0.959. The van der Waals surface area contributed by atoms with E-state index in [0.717, 1.165) is 24.0 Å². The van der Waals surface area contributed by atoms with Crippen LogP contribution in [-0.4, -0.2) is 37.8 Å². The maximum absolute atomic E-state index is 13.9. The number of halogens is 1. The number of phenols is 1. The number of rotatable bonds is 4. The third-order valence-electron chi connectivity index (χ3n) is 4.73. The molecule has 2 aromatic heterocycles. The monoisotopic (exact) mass is 366 g/mol. The molecule has 1 aliphatic carbocycles. The fraction of sp³-hybridized carbons (Fsp3) is 0.300. The van der Waals surface area contributed by atoms with E-state index in [2.05, 4.69) is 20.4 Å². The number of aromatic nitrogens is 4. The molecule has 0 saturated heterocycles. The number of hydrogen-bond acceptors (Lipinski definition) is 6. The van der Waals surface area contributed by atoms with Gasteiger partial charge in [0.05, 0.1) is 18.1 Å². The standard InChI is InChI=1S/C20H19FN4O2/c21-16-3-1-2-4-19(16)27-20-8-7-17(24-25-20)15-6-5-13(11-18(15)26)14-9-10-22-23-12-14/h5-12,16,19,26H,1-4H2/t16-,19+/m1/s1. The Hall–Kier alpha value is -3.09. The second kappa shape index (κ2) is 7.65. The van der Waals surface area contributed by atoms with Crippen LogP contribution in [0.5, 0.6) is 11.6 Å². The maximum Gasteiger partial charge on any atom is 0.233 e. The van der Waals surface area contributed by atoms with Crippen LogP contribution in [-0.2, 0) is 0 Å². The first-order chi connectivity index (χ1) is 13.2. The molecular formula is C20H19FN4O2. The second-order valence-corrected chi connectivity index (χ2v) is 6.58. The first-order valence-corrected chi connectivity index (χ1v) is 8.95. The largest absolute Gasteiger partial charge is 0.507 e. The summed E-state index contributed by atoms with van der Waals surface area (Å²) in [5, 5.41) is 26.1.